The highest BCUT2D eigenvalue weighted by atomic mass is 16.6. The monoisotopic (exact) mass is 263 g/mol. The lowest BCUT2D eigenvalue weighted by atomic mass is 9.79. The molecule has 5 nitrogen and oxygen atoms in total. The number of rotatable bonds is 4. The molecule has 0 heterocycles. The third kappa shape index (κ3) is 2.75. The predicted molar refractivity (Wildman–Crippen MR) is 69.9 cm³/mol. The summed E-state index contributed by atoms with van der Waals surface area (Å²) in [5.74, 6) is -0.391. The van der Waals surface area contributed by atoms with Crippen LogP contribution in [-0.4, -0.2) is 16.0 Å². The molecule has 0 aliphatic heterocycles. The molecule has 102 valence electrons. The molecule has 1 aromatic carbocycles. The van der Waals surface area contributed by atoms with Crippen LogP contribution in [0.25, 0.3) is 0 Å². The second-order valence-electron chi connectivity index (χ2n) is 5.54. The maximum Gasteiger partial charge on any atom is 0.309 e. The van der Waals surface area contributed by atoms with Crippen molar-refractivity contribution in [1.82, 2.24) is 0 Å². The van der Waals surface area contributed by atoms with Crippen molar-refractivity contribution in [3.05, 3.63) is 39.9 Å². The van der Waals surface area contributed by atoms with Gasteiger partial charge in [-0.3, -0.25) is 14.9 Å². The number of benzene rings is 1. The van der Waals surface area contributed by atoms with E-state index < -0.39 is 16.3 Å². The number of carboxylic acids is 1. The number of carboxylic acid groups (broad SMARTS) is 1. The summed E-state index contributed by atoms with van der Waals surface area (Å²) >= 11 is 0. The quantitative estimate of drug-likeness (QED) is 0.668. The molecule has 0 amide bonds. The lowest BCUT2D eigenvalue weighted by Gasteiger charge is -2.24. The lowest BCUT2D eigenvalue weighted by Crippen LogP contribution is -2.30. The molecule has 2 atom stereocenters. The SMILES string of the molecule is CC1CCC(Cc2cccc([N+](=O)[O-])c2)(C(=O)O)C1. The van der Waals surface area contributed by atoms with Gasteiger partial charge in [0, 0.05) is 12.1 Å². The van der Waals surface area contributed by atoms with Crippen molar-refractivity contribution in [2.24, 2.45) is 11.3 Å². The van der Waals surface area contributed by atoms with Gasteiger partial charge in [-0.2, -0.15) is 0 Å². The van der Waals surface area contributed by atoms with Crippen LogP contribution in [0.2, 0.25) is 0 Å². The van der Waals surface area contributed by atoms with Gasteiger partial charge in [0.25, 0.3) is 5.69 Å². The zero-order valence-electron chi connectivity index (χ0n) is 10.8. The molecule has 1 fully saturated rings. The fourth-order valence-electron chi connectivity index (χ4n) is 2.99. The van der Waals surface area contributed by atoms with Crippen LogP contribution in [0.3, 0.4) is 0 Å². The van der Waals surface area contributed by atoms with Crippen LogP contribution in [0.15, 0.2) is 24.3 Å². The van der Waals surface area contributed by atoms with E-state index in [2.05, 4.69) is 6.92 Å². The molecule has 2 unspecified atom stereocenters. The molecule has 0 aromatic heterocycles. The Morgan fingerprint density at radius 2 is 2.32 bits per heavy atom. The highest BCUT2D eigenvalue weighted by molar-refractivity contribution is 5.75. The van der Waals surface area contributed by atoms with Crippen LogP contribution in [0.1, 0.15) is 31.7 Å². The summed E-state index contributed by atoms with van der Waals surface area (Å²) in [6, 6.07) is 6.28. The summed E-state index contributed by atoms with van der Waals surface area (Å²) in [5.41, 5.74) is -0.0101. The summed E-state index contributed by atoms with van der Waals surface area (Å²) < 4.78 is 0. The van der Waals surface area contributed by atoms with Gasteiger partial charge in [-0.1, -0.05) is 19.1 Å². The van der Waals surface area contributed by atoms with Crippen LogP contribution in [-0.2, 0) is 11.2 Å². The fraction of sp³-hybridized carbons (Fsp3) is 0.500. The molecule has 1 aromatic rings. The van der Waals surface area contributed by atoms with Gasteiger partial charge in [-0.15, -0.1) is 0 Å². The molecular weight excluding hydrogens is 246 g/mol. The zero-order valence-corrected chi connectivity index (χ0v) is 10.8. The Morgan fingerprint density at radius 1 is 1.58 bits per heavy atom. The Hall–Kier alpha value is -1.91. The van der Waals surface area contributed by atoms with Gasteiger partial charge in [0.2, 0.25) is 0 Å². The highest BCUT2D eigenvalue weighted by Gasteiger charge is 2.44. The van der Waals surface area contributed by atoms with Crippen molar-refractivity contribution < 1.29 is 14.8 Å². The molecule has 0 bridgehead atoms. The molecule has 1 saturated carbocycles. The Labute approximate surface area is 111 Å². The number of aliphatic carboxylic acids is 1. The Bertz CT molecular complexity index is 514. The number of carbonyl (C=O) groups is 1. The van der Waals surface area contributed by atoms with E-state index in [4.69, 9.17) is 0 Å². The summed E-state index contributed by atoms with van der Waals surface area (Å²) in [5, 5.41) is 20.2. The Morgan fingerprint density at radius 3 is 2.84 bits per heavy atom. The van der Waals surface area contributed by atoms with Gasteiger partial charge < -0.3 is 5.11 Å². The third-order valence-corrected chi connectivity index (χ3v) is 3.97. The topological polar surface area (TPSA) is 80.4 Å². The molecule has 0 radical (unpaired) electrons. The normalized spacial score (nSPS) is 26.3. The predicted octanol–water partition coefficient (Wildman–Crippen LogP) is 3.03. The van der Waals surface area contributed by atoms with E-state index in [9.17, 15) is 20.0 Å². The average Bonchev–Trinajstić information content (AvgIpc) is 2.72. The Balaban J connectivity index is 2.25. The molecule has 0 saturated heterocycles. The van der Waals surface area contributed by atoms with E-state index in [1.165, 1.54) is 12.1 Å². The number of nitrogens with zero attached hydrogens (tertiary/aromatic N) is 1. The largest absolute Gasteiger partial charge is 0.481 e. The molecule has 5 heteroatoms. The van der Waals surface area contributed by atoms with Crippen molar-refractivity contribution in [2.75, 3.05) is 0 Å². The van der Waals surface area contributed by atoms with Gasteiger partial charge in [-0.25, -0.2) is 0 Å². The van der Waals surface area contributed by atoms with Crippen molar-refractivity contribution in [3.63, 3.8) is 0 Å². The first kappa shape index (κ1) is 13.5. The minimum absolute atomic E-state index is 0.0177. The number of nitro groups is 1. The van der Waals surface area contributed by atoms with Crippen LogP contribution in [0, 0.1) is 21.4 Å². The first-order valence-electron chi connectivity index (χ1n) is 6.40. The van der Waals surface area contributed by atoms with E-state index in [1.54, 1.807) is 12.1 Å². The molecule has 19 heavy (non-hydrogen) atoms. The second kappa shape index (κ2) is 4.99. The fourth-order valence-corrected chi connectivity index (χ4v) is 2.99. The Kier molecular flexibility index (Phi) is 3.55. The third-order valence-electron chi connectivity index (χ3n) is 3.97. The first-order valence-corrected chi connectivity index (χ1v) is 6.40. The van der Waals surface area contributed by atoms with E-state index in [0.29, 0.717) is 25.2 Å². The van der Waals surface area contributed by atoms with Crippen LogP contribution < -0.4 is 0 Å². The average molecular weight is 263 g/mol. The van der Waals surface area contributed by atoms with E-state index >= 15 is 0 Å². The summed E-state index contributed by atoms with van der Waals surface area (Å²) in [4.78, 5) is 21.9. The summed E-state index contributed by atoms with van der Waals surface area (Å²) in [6.45, 7) is 2.05. The minimum Gasteiger partial charge on any atom is -0.481 e. The number of non-ortho nitro benzene ring substituents is 1. The van der Waals surface area contributed by atoms with Crippen molar-refractivity contribution in [1.29, 1.82) is 0 Å². The molecular formula is C14H17NO4. The van der Waals surface area contributed by atoms with Gasteiger partial charge in [-0.05, 0) is 37.2 Å². The second-order valence-corrected chi connectivity index (χ2v) is 5.54. The van der Waals surface area contributed by atoms with Crippen LogP contribution in [0.5, 0.6) is 0 Å². The van der Waals surface area contributed by atoms with Crippen LogP contribution in [0.4, 0.5) is 5.69 Å². The maximum atomic E-state index is 11.6. The smallest absolute Gasteiger partial charge is 0.309 e. The minimum atomic E-state index is -0.789. The molecule has 2 rings (SSSR count). The molecule has 1 aliphatic rings. The molecule has 1 aliphatic carbocycles. The zero-order chi connectivity index (χ0) is 14.0. The summed E-state index contributed by atoms with van der Waals surface area (Å²) in [7, 11) is 0. The summed E-state index contributed by atoms with van der Waals surface area (Å²) in [6.07, 6.45) is 2.56. The van der Waals surface area contributed by atoms with Crippen molar-refractivity contribution in [3.8, 4) is 0 Å². The van der Waals surface area contributed by atoms with E-state index in [0.717, 1.165) is 12.0 Å². The maximum absolute atomic E-state index is 11.6. The number of hydrogen-bond acceptors (Lipinski definition) is 3. The van der Waals surface area contributed by atoms with Gasteiger partial charge in [0.15, 0.2) is 0 Å². The molecule has 0 spiro atoms. The van der Waals surface area contributed by atoms with E-state index in [1.807, 2.05) is 0 Å². The van der Waals surface area contributed by atoms with Crippen molar-refractivity contribution >= 4 is 11.7 Å². The molecule has 1 N–H and O–H groups in total. The van der Waals surface area contributed by atoms with Gasteiger partial charge >= 0.3 is 5.97 Å². The lowest BCUT2D eigenvalue weighted by molar-refractivity contribution is -0.384. The van der Waals surface area contributed by atoms with Gasteiger partial charge in [0.05, 0.1) is 10.3 Å². The first-order chi connectivity index (χ1) is 8.93. The van der Waals surface area contributed by atoms with Crippen LogP contribution >= 0.6 is 0 Å². The van der Waals surface area contributed by atoms with Crippen molar-refractivity contribution in [2.45, 2.75) is 32.6 Å². The van der Waals surface area contributed by atoms with E-state index in [-0.39, 0.29) is 5.69 Å². The number of hydrogen-bond donors (Lipinski definition) is 1. The highest BCUT2D eigenvalue weighted by Crippen LogP contribution is 2.44. The number of nitro benzene ring substituents is 1. The van der Waals surface area contributed by atoms with Gasteiger partial charge in [0.1, 0.15) is 0 Å². The standard InChI is InChI=1S/C14H17NO4/c1-10-5-6-14(8-10,13(16)17)9-11-3-2-4-12(7-11)15(18)19/h2-4,7,10H,5-6,8-9H2,1H3,(H,16,17).